The molecule has 1 N–H and O–H groups in total. The maximum Gasteiger partial charge on any atom is 0.252 e. The van der Waals surface area contributed by atoms with Crippen molar-refractivity contribution in [3.8, 4) is 0 Å². The van der Waals surface area contributed by atoms with Crippen molar-refractivity contribution in [1.29, 1.82) is 0 Å². The van der Waals surface area contributed by atoms with Gasteiger partial charge in [0.15, 0.2) is 9.84 Å². The zero-order chi connectivity index (χ0) is 13.9. The molecule has 19 heavy (non-hydrogen) atoms. The van der Waals surface area contributed by atoms with Crippen LogP contribution in [0.1, 0.15) is 15.2 Å². The normalized spacial score (nSPS) is 11.2. The average Bonchev–Trinajstić information content (AvgIpc) is 2.88. The van der Waals surface area contributed by atoms with Gasteiger partial charge in [0.05, 0.1) is 17.0 Å². The van der Waals surface area contributed by atoms with E-state index in [1.54, 1.807) is 12.1 Å². The lowest BCUT2D eigenvalue weighted by molar-refractivity contribution is 0.0948. The van der Waals surface area contributed by atoms with Crippen LogP contribution in [0.5, 0.6) is 0 Å². The van der Waals surface area contributed by atoms with Gasteiger partial charge in [0.1, 0.15) is 0 Å². The fourth-order valence-corrected chi connectivity index (χ4v) is 3.18. The van der Waals surface area contributed by atoms with Crippen LogP contribution in [0.25, 0.3) is 0 Å². The van der Waals surface area contributed by atoms with Gasteiger partial charge >= 0.3 is 0 Å². The monoisotopic (exact) mass is 295 g/mol. The van der Waals surface area contributed by atoms with Gasteiger partial charge in [-0.2, -0.15) is 0 Å². The smallest absolute Gasteiger partial charge is 0.252 e. The van der Waals surface area contributed by atoms with Crippen LogP contribution in [-0.2, 0) is 16.4 Å². The molecule has 0 spiro atoms. The molecule has 0 saturated heterocycles. The van der Waals surface area contributed by atoms with Crippen LogP contribution < -0.4 is 5.32 Å². The second-order valence-corrected chi connectivity index (χ2v) is 7.05. The van der Waals surface area contributed by atoms with E-state index in [1.165, 1.54) is 23.5 Å². The molecule has 4 nitrogen and oxygen atoms in total. The summed E-state index contributed by atoms with van der Waals surface area (Å²) in [5.41, 5.74) is 0.182. The standard InChI is InChI=1S/C13H13NO3S2/c1-19(16,17)12-7-3-2-6-11(12)13(15)14-9-10-5-4-8-18-10/h2-8H,9H2,1H3,(H,14,15). The summed E-state index contributed by atoms with van der Waals surface area (Å²) >= 11 is 1.54. The molecular formula is C13H13NO3S2. The number of hydrogen-bond donors (Lipinski definition) is 1. The minimum Gasteiger partial charge on any atom is -0.347 e. The minimum atomic E-state index is -3.41. The predicted molar refractivity (Wildman–Crippen MR) is 75.0 cm³/mol. The third-order valence-corrected chi connectivity index (χ3v) is 4.57. The van der Waals surface area contributed by atoms with Crippen LogP contribution in [0.2, 0.25) is 0 Å². The number of amides is 1. The quantitative estimate of drug-likeness (QED) is 0.939. The van der Waals surface area contributed by atoms with Crippen LogP contribution in [0.3, 0.4) is 0 Å². The highest BCUT2D eigenvalue weighted by molar-refractivity contribution is 7.90. The first-order valence-electron chi connectivity index (χ1n) is 5.58. The highest BCUT2D eigenvalue weighted by Gasteiger charge is 2.17. The molecule has 0 radical (unpaired) electrons. The van der Waals surface area contributed by atoms with Crippen LogP contribution in [0, 0.1) is 0 Å². The topological polar surface area (TPSA) is 63.2 Å². The molecule has 1 aromatic carbocycles. The Morgan fingerprint density at radius 3 is 2.58 bits per heavy atom. The summed E-state index contributed by atoms with van der Waals surface area (Å²) < 4.78 is 23.2. The minimum absolute atomic E-state index is 0.0543. The largest absolute Gasteiger partial charge is 0.347 e. The molecule has 0 aliphatic carbocycles. The summed E-state index contributed by atoms with van der Waals surface area (Å²) in [5, 5.41) is 4.64. The SMILES string of the molecule is CS(=O)(=O)c1ccccc1C(=O)NCc1cccs1. The van der Waals surface area contributed by atoms with Gasteiger partial charge in [0, 0.05) is 11.1 Å². The molecule has 1 amide bonds. The van der Waals surface area contributed by atoms with Crippen molar-refractivity contribution in [3.05, 3.63) is 52.2 Å². The van der Waals surface area contributed by atoms with E-state index in [4.69, 9.17) is 0 Å². The molecule has 1 aromatic heterocycles. The summed E-state index contributed by atoms with van der Waals surface area (Å²) in [6, 6.07) is 10.0. The number of hydrogen-bond acceptors (Lipinski definition) is 4. The number of carbonyl (C=O) groups is 1. The van der Waals surface area contributed by atoms with Crippen LogP contribution in [-0.4, -0.2) is 20.6 Å². The van der Waals surface area contributed by atoms with E-state index >= 15 is 0 Å². The number of thiophene rings is 1. The van der Waals surface area contributed by atoms with Gasteiger partial charge in [-0.15, -0.1) is 11.3 Å². The van der Waals surface area contributed by atoms with Crippen molar-refractivity contribution in [3.63, 3.8) is 0 Å². The first-order chi connectivity index (χ1) is 8.98. The number of carbonyl (C=O) groups excluding carboxylic acids is 1. The van der Waals surface area contributed by atoms with Gasteiger partial charge < -0.3 is 5.32 Å². The molecule has 100 valence electrons. The van der Waals surface area contributed by atoms with Gasteiger partial charge in [0.2, 0.25) is 0 Å². The Labute approximate surface area is 116 Å². The summed E-state index contributed by atoms with van der Waals surface area (Å²) in [6.45, 7) is 0.397. The molecule has 1 heterocycles. The Balaban J connectivity index is 2.20. The predicted octanol–water partition coefficient (Wildman–Crippen LogP) is 2.08. The van der Waals surface area contributed by atoms with E-state index in [2.05, 4.69) is 5.32 Å². The lowest BCUT2D eigenvalue weighted by Crippen LogP contribution is -2.24. The molecule has 0 aliphatic heterocycles. The Morgan fingerprint density at radius 1 is 1.21 bits per heavy atom. The van der Waals surface area contributed by atoms with E-state index in [0.29, 0.717) is 6.54 Å². The zero-order valence-corrected chi connectivity index (χ0v) is 11.9. The van der Waals surface area contributed by atoms with Gasteiger partial charge in [0.25, 0.3) is 5.91 Å². The third-order valence-electron chi connectivity index (χ3n) is 2.53. The van der Waals surface area contributed by atoms with E-state index in [1.807, 2.05) is 17.5 Å². The number of sulfone groups is 1. The second kappa shape index (κ2) is 5.54. The maximum absolute atomic E-state index is 12.0. The third kappa shape index (κ3) is 3.42. The molecule has 2 aromatic rings. The number of nitrogens with one attached hydrogen (secondary N) is 1. The molecule has 2 rings (SSSR count). The van der Waals surface area contributed by atoms with Crippen molar-refractivity contribution >= 4 is 27.1 Å². The molecule has 0 aliphatic rings. The Morgan fingerprint density at radius 2 is 1.95 bits per heavy atom. The first-order valence-corrected chi connectivity index (χ1v) is 8.35. The summed E-state index contributed by atoms with van der Waals surface area (Å²) in [7, 11) is -3.41. The van der Waals surface area contributed by atoms with Gasteiger partial charge in [-0.1, -0.05) is 18.2 Å². The van der Waals surface area contributed by atoms with Crippen molar-refractivity contribution < 1.29 is 13.2 Å². The fourth-order valence-electron chi connectivity index (χ4n) is 1.65. The fraction of sp³-hybridized carbons (Fsp3) is 0.154. The molecule has 0 atom stereocenters. The van der Waals surface area contributed by atoms with Gasteiger partial charge in [-0.3, -0.25) is 4.79 Å². The maximum atomic E-state index is 12.0. The number of benzene rings is 1. The van der Waals surface area contributed by atoms with E-state index in [-0.39, 0.29) is 16.4 Å². The lowest BCUT2D eigenvalue weighted by Gasteiger charge is -2.08. The Kier molecular flexibility index (Phi) is 4.01. The first kappa shape index (κ1) is 13.8. The van der Waals surface area contributed by atoms with Crippen molar-refractivity contribution in [2.24, 2.45) is 0 Å². The molecular weight excluding hydrogens is 282 g/mol. The summed E-state index contributed by atoms with van der Waals surface area (Å²) in [4.78, 5) is 13.1. The van der Waals surface area contributed by atoms with E-state index in [0.717, 1.165) is 11.1 Å². The summed E-state index contributed by atoms with van der Waals surface area (Å²) in [5.74, 6) is -0.380. The molecule has 0 fully saturated rings. The zero-order valence-electron chi connectivity index (χ0n) is 10.3. The van der Waals surface area contributed by atoms with Crippen molar-refractivity contribution in [2.45, 2.75) is 11.4 Å². The molecule has 0 saturated carbocycles. The van der Waals surface area contributed by atoms with Gasteiger partial charge in [-0.05, 0) is 23.6 Å². The highest BCUT2D eigenvalue weighted by atomic mass is 32.2. The summed E-state index contributed by atoms with van der Waals surface area (Å²) in [6.07, 6.45) is 1.10. The molecule has 6 heteroatoms. The van der Waals surface area contributed by atoms with E-state index in [9.17, 15) is 13.2 Å². The van der Waals surface area contributed by atoms with Crippen LogP contribution >= 0.6 is 11.3 Å². The molecule has 0 unspecified atom stereocenters. The van der Waals surface area contributed by atoms with Crippen molar-refractivity contribution in [2.75, 3.05) is 6.26 Å². The second-order valence-electron chi connectivity index (χ2n) is 4.03. The average molecular weight is 295 g/mol. The Bertz CT molecular complexity index is 676. The Hall–Kier alpha value is -1.66. The van der Waals surface area contributed by atoms with Crippen LogP contribution in [0.4, 0.5) is 0 Å². The van der Waals surface area contributed by atoms with E-state index < -0.39 is 9.84 Å². The molecule has 0 bridgehead atoms. The van der Waals surface area contributed by atoms with Crippen LogP contribution in [0.15, 0.2) is 46.7 Å². The number of rotatable bonds is 4. The lowest BCUT2D eigenvalue weighted by atomic mass is 10.2. The van der Waals surface area contributed by atoms with Gasteiger partial charge in [-0.25, -0.2) is 8.42 Å². The highest BCUT2D eigenvalue weighted by Crippen LogP contribution is 2.15. The van der Waals surface area contributed by atoms with Crippen molar-refractivity contribution in [1.82, 2.24) is 5.32 Å².